The summed E-state index contributed by atoms with van der Waals surface area (Å²) in [6.45, 7) is 2.17. The molecule has 0 unspecified atom stereocenters. The first-order chi connectivity index (χ1) is 7.79. The quantitative estimate of drug-likeness (QED) is 0.667. The molecule has 86 valence electrons. The summed E-state index contributed by atoms with van der Waals surface area (Å²) in [5.41, 5.74) is 0. The fourth-order valence-corrected chi connectivity index (χ4v) is 3.05. The maximum Gasteiger partial charge on any atom is 0.284 e. The second kappa shape index (κ2) is 5.60. The lowest BCUT2D eigenvalue weighted by Gasteiger charge is -1.93. The Morgan fingerprint density at radius 2 is 2.50 bits per heavy atom. The molecular formula is C9H11N3OS3. The topological polar surface area (TPSA) is 54.7 Å². The van der Waals surface area contributed by atoms with Crippen LogP contribution >= 0.6 is 35.3 Å². The van der Waals surface area contributed by atoms with Crippen molar-refractivity contribution >= 4 is 35.3 Å². The Labute approximate surface area is 106 Å². The molecule has 0 amide bonds. The Kier molecular flexibility index (Phi) is 4.14. The molecule has 0 fully saturated rings. The molecule has 0 aliphatic carbocycles. The monoisotopic (exact) mass is 273 g/mol. The molecule has 16 heavy (non-hydrogen) atoms. The number of aromatic amines is 1. The highest BCUT2D eigenvalue weighted by Crippen LogP contribution is 2.26. The molecule has 2 heterocycles. The van der Waals surface area contributed by atoms with E-state index in [4.69, 9.17) is 16.6 Å². The number of nitrogens with one attached hydrogen (secondary N) is 1. The Morgan fingerprint density at radius 1 is 1.62 bits per heavy atom. The first-order valence-electron chi connectivity index (χ1n) is 4.88. The van der Waals surface area contributed by atoms with Crippen molar-refractivity contribution < 1.29 is 4.42 Å². The van der Waals surface area contributed by atoms with Crippen LogP contribution in [0.25, 0.3) is 10.8 Å². The van der Waals surface area contributed by atoms with Crippen LogP contribution < -0.4 is 0 Å². The second-order valence-corrected chi connectivity index (χ2v) is 5.68. The molecule has 0 atom stereocenters. The summed E-state index contributed by atoms with van der Waals surface area (Å²) in [5.74, 6) is 2.64. The Morgan fingerprint density at radius 3 is 3.19 bits per heavy atom. The van der Waals surface area contributed by atoms with Gasteiger partial charge in [-0.2, -0.15) is 11.8 Å². The van der Waals surface area contributed by atoms with Crippen molar-refractivity contribution in [3.8, 4) is 10.8 Å². The van der Waals surface area contributed by atoms with E-state index in [1.54, 1.807) is 17.5 Å². The van der Waals surface area contributed by atoms with E-state index in [0.29, 0.717) is 10.7 Å². The molecule has 0 bridgehead atoms. The first kappa shape index (κ1) is 11.8. The third-order valence-electron chi connectivity index (χ3n) is 1.78. The van der Waals surface area contributed by atoms with Gasteiger partial charge < -0.3 is 4.42 Å². The molecule has 0 aromatic carbocycles. The van der Waals surface area contributed by atoms with Crippen LogP contribution in [0.1, 0.15) is 18.4 Å². The number of rotatable bonds is 5. The average molecular weight is 273 g/mol. The second-order valence-electron chi connectivity index (χ2n) is 3.09. The van der Waals surface area contributed by atoms with Crippen molar-refractivity contribution in [2.75, 3.05) is 5.75 Å². The van der Waals surface area contributed by atoms with E-state index >= 15 is 0 Å². The van der Waals surface area contributed by atoms with Crippen LogP contribution in [0.4, 0.5) is 0 Å². The first-order valence-corrected chi connectivity index (χ1v) is 7.26. The highest BCUT2D eigenvalue weighted by molar-refractivity contribution is 7.98. The maximum atomic E-state index is 5.22. The molecule has 0 saturated carbocycles. The van der Waals surface area contributed by atoms with E-state index in [1.165, 1.54) is 6.42 Å². The fraction of sp³-hybridized carbons (Fsp3) is 0.444. The molecule has 0 radical (unpaired) electrons. The van der Waals surface area contributed by atoms with Gasteiger partial charge in [-0.1, -0.05) is 6.92 Å². The molecule has 7 heteroatoms. The third kappa shape index (κ3) is 2.93. The zero-order valence-corrected chi connectivity index (χ0v) is 11.2. The van der Waals surface area contributed by atoms with Crippen molar-refractivity contribution in [1.82, 2.24) is 15.2 Å². The van der Waals surface area contributed by atoms with Gasteiger partial charge in [-0.05, 0) is 24.4 Å². The van der Waals surface area contributed by atoms with Crippen molar-refractivity contribution in [2.45, 2.75) is 19.1 Å². The largest absolute Gasteiger partial charge is 0.408 e. The zero-order valence-electron chi connectivity index (χ0n) is 8.73. The van der Waals surface area contributed by atoms with Gasteiger partial charge >= 0.3 is 0 Å². The summed E-state index contributed by atoms with van der Waals surface area (Å²) in [4.78, 5) is 5.54. The lowest BCUT2D eigenvalue weighted by Crippen LogP contribution is -1.78. The predicted octanol–water partition coefficient (Wildman–Crippen LogP) is 3.50. The molecule has 4 nitrogen and oxygen atoms in total. The predicted molar refractivity (Wildman–Crippen MR) is 69.2 cm³/mol. The van der Waals surface area contributed by atoms with Gasteiger partial charge in [0.1, 0.15) is 9.88 Å². The van der Waals surface area contributed by atoms with Crippen LogP contribution in [0.3, 0.4) is 0 Å². The van der Waals surface area contributed by atoms with E-state index in [-0.39, 0.29) is 0 Å². The molecule has 0 aliphatic heterocycles. The van der Waals surface area contributed by atoms with Crippen LogP contribution in [-0.4, -0.2) is 20.9 Å². The smallest absolute Gasteiger partial charge is 0.284 e. The molecular weight excluding hydrogens is 262 g/mol. The molecule has 2 aromatic heterocycles. The molecule has 2 rings (SSSR count). The number of thiazole rings is 1. The van der Waals surface area contributed by atoms with Crippen LogP contribution in [-0.2, 0) is 5.75 Å². The lowest BCUT2D eigenvalue weighted by molar-refractivity contribution is 0.553. The Hall–Kier alpha value is -0.660. The molecule has 0 saturated heterocycles. The Balaban J connectivity index is 2.05. The van der Waals surface area contributed by atoms with Crippen molar-refractivity contribution in [1.29, 1.82) is 0 Å². The SMILES string of the molecule is CCCSCc1ncc(-c2n[nH]c(=S)o2)s1. The number of H-pyrrole nitrogens is 1. The van der Waals surface area contributed by atoms with Gasteiger partial charge in [-0.3, -0.25) is 0 Å². The van der Waals surface area contributed by atoms with Crippen molar-refractivity contribution in [3.05, 3.63) is 16.0 Å². The number of hydrogen-bond acceptors (Lipinski definition) is 6. The number of nitrogens with zero attached hydrogens (tertiary/aromatic N) is 2. The van der Waals surface area contributed by atoms with Gasteiger partial charge in [0.15, 0.2) is 0 Å². The van der Waals surface area contributed by atoms with E-state index < -0.39 is 0 Å². The van der Waals surface area contributed by atoms with Gasteiger partial charge in [0, 0.05) is 5.75 Å². The van der Waals surface area contributed by atoms with E-state index in [1.807, 2.05) is 11.8 Å². The van der Waals surface area contributed by atoms with Crippen molar-refractivity contribution in [3.63, 3.8) is 0 Å². The molecule has 0 spiro atoms. The minimum Gasteiger partial charge on any atom is -0.408 e. The number of thioether (sulfide) groups is 1. The number of aromatic nitrogens is 3. The molecule has 2 aromatic rings. The van der Waals surface area contributed by atoms with Gasteiger partial charge in [-0.15, -0.1) is 16.4 Å². The summed E-state index contributed by atoms with van der Waals surface area (Å²) >= 11 is 8.30. The van der Waals surface area contributed by atoms with E-state index in [0.717, 1.165) is 21.4 Å². The molecule has 0 aliphatic rings. The fourth-order valence-electron chi connectivity index (χ4n) is 1.11. The highest BCUT2D eigenvalue weighted by Gasteiger charge is 2.08. The zero-order chi connectivity index (χ0) is 11.4. The summed E-state index contributed by atoms with van der Waals surface area (Å²) in [6.07, 6.45) is 2.97. The van der Waals surface area contributed by atoms with Gasteiger partial charge in [0.05, 0.1) is 6.20 Å². The minimum atomic E-state index is 0.297. The Bertz CT molecular complexity index is 502. The molecule has 1 N–H and O–H groups in total. The standard InChI is InChI=1S/C9H11N3OS3/c1-2-3-15-5-7-10-4-6(16-7)8-11-12-9(14)13-8/h4H,2-3,5H2,1H3,(H,12,14). The maximum absolute atomic E-state index is 5.22. The number of hydrogen-bond donors (Lipinski definition) is 1. The normalized spacial score (nSPS) is 10.8. The van der Waals surface area contributed by atoms with Crippen LogP contribution in [0.15, 0.2) is 10.6 Å². The summed E-state index contributed by atoms with van der Waals surface area (Å²) in [6, 6.07) is 0. The highest BCUT2D eigenvalue weighted by atomic mass is 32.2. The van der Waals surface area contributed by atoms with Crippen LogP contribution in [0.5, 0.6) is 0 Å². The lowest BCUT2D eigenvalue weighted by atomic mass is 10.6. The summed E-state index contributed by atoms with van der Waals surface area (Å²) in [7, 11) is 0. The van der Waals surface area contributed by atoms with Crippen LogP contribution in [0, 0.1) is 4.84 Å². The van der Waals surface area contributed by atoms with E-state index in [9.17, 15) is 0 Å². The van der Waals surface area contributed by atoms with Gasteiger partial charge in [-0.25, -0.2) is 10.1 Å². The average Bonchev–Trinajstić information content (AvgIpc) is 2.87. The summed E-state index contributed by atoms with van der Waals surface area (Å²) < 4.78 is 5.22. The van der Waals surface area contributed by atoms with E-state index in [2.05, 4.69) is 22.1 Å². The van der Waals surface area contributed by atoms with Gasteiger partial charge in [0.2, 0.25) is 0 Å². The third-order valence-corrected chi connectivity index (χ3v) is 4.29. The van der Waals surface area contributed by atoms with Crippen molar-refractivity contribution in [2.24, 2.45) is 0 Å². The van der Waals surface area contributed by atoms with Crippen LogP contribution in [0.2, 0.25) is 0 Å². The minimum absolute atomic E-state index is 0.297. The van der Waals surface area contributed by atoms with Gasteiger partial charge in [0.25, 0.3) is 10.7 Å². The summed E-state index contributed by atoms with van der Waals surface area (Å²) in [5, 5.41) is 7.66.